The Morgan fingerprint density at radius 1 is 1.27 bits per heavy atom. The normalized spacial score (nSPS) is 13.7. The van der Waals surface area contributed by atoms with Gasteiger partial charge in [-0.05, 0) is 38.0 Å². The number of H-pyrrole nitrogens is 1. The molecule has 0 spiro atoms. The first kappa shape index (κ1) is 17.7. The lowest BCUT2D eigenvalue weighted by molar-refractivity contribution is -0.385. The molecular formula is C18H19N3O5. The number of ether oxygens (including phenoxy) is 1. The van der Waals surface area contributed by atoms with Gasteiger partial charge in [0.15, 0.2) is 6.61 Å². The maximum absolute atomic E-state index is 12.3. The third kappa shape index (κ3) is 3.74. The van der Waals surface area contributed by atoms with E-state index >= 15 is 0 Å². The fourth-order valence-electron chi connectivity index (χ4n) is 2.92. The first-order valence-corrected chi connectivity index (χ1v) is 8.34. The van der Waals surface area contributed by atoms with Crippen molar-refractivity contribution in [1.29, 1.82) is 0 Å². The summed E-state index contributed by atoms with van der Waals surface area (Å²) in [4.78, 5) is 39.5. The number of nitrogens with zero attached hydrogens (tertiary/aromatic N) is 2. The van der Waals surface area contributed by atoms with Crippen molar-refractivity contribution in [2.75, 3.05) is 19.7 Å². The first-order chi connectivity index (χ1) is 12.5. The molecule has 1 amide bonds. The maximum Gasteiger partial charge on any atom is 0.272 e. The number of Topliss-reactive ketones (excluding diaryl/α,β-unsaturated/α-hetero) is 1. The van der Waals surface area contributed by atoms with E-state index in [-0.39, 0.29) is 24.0 Å². The SMILES string of the molecule is Cc1cc(OCC(=O)c2c[nH]c(C(=O)N3CCCC3)c2)ccc1[N+](=O)[O-]. The van der Waals surface area contributed by atoms with Gasteiger partial charge in [-0.3, -0.25) is 19.7 Å². The molecule has 1 aromatic heterocycles. The van der Waals surface area contributed by atoms with Crippen LogP contribution in [0.15, 0.2) is 30.5 Å². The molecule has 0 saturated carbocycles. The van der Waals surface area contributed by atoms with Gasteiger partial charge in [0.2, 0.25) is 5.78 Å². The Balaban J connectivity index is 1.61. The van der Waals surface area contributed by atoms with Gasteiger partial charge in [-0.25, -0.2) is 0 Å². The fourth-order valence-corrected chi connectivity index (χ4v) is 2.92. The number of nitro groups is 1. The molecule has 0 bridgehead atoms. The maximum atomic E-state index is 12.3. The first-order valence-electron chi connectivity index (χ1n) is 8.34. The van der Waals surface area contributed by atoms with Gasteiger partial charge < -0.3 is 14.6 Å². The molecule has 1 aliphatic rings. The van der Waals surface area contributed by atoms with Crippen LogP contribution in [0.4, 0.5) is 5.69 Å². The second kappa shape index (κ2) is 7.38. The van der Waals surface area contributed by atoms with Gasteiger partial charge in [-0.2, -0.15) is 0 Å². The average Bonchev–Trinajstić information content (AvgIpc) is 3.30. The summed E-state index contributed by atoms with van der Waals surface area (Å²) < 4.78 is 5.43. The quantitative estimate of drug-likeness (QED) is 0.486. The molecule has 8 nitrogen and oxygen atoms in total. The van der Waals surface area contributed by atoms with Gasteiger partial charge in [0, 0.05) is 36.5 Å². The van der Waals surface area contributed by atoms with Gasteiger partial charge in [-0.1, -0.05) is 0 Å². The van der Waals surface area contributed by atoms with Crippen LogP contribution in [0.2, 0.25) is 0 Å². The minimum absolute atomic E-state index is 0.000576. The number of hydrogen-bond acceptors (Lipinski definition) is 5. The van der Waals surface area contributed by atoms with Crippen molar-refractivity contribution in [2.45, 2.75) is 19.8 Å². The summed E-state index contributed by atoms with van der Waals surface area (Å²) in [6.07, 6.45) is 3.50. The highest BCUT2D eigenvalue weighted by Gasteiger charge is 2.22. The second-order valence-corrected chi connectivity index (χ2v) is 6.22. The van der Waals surface area contributed by atoms with Gasteiger partial charge in [0.1, 0.15) is 11.4 Å². The van der Waals surface area contributed by atoms with Gasteiger partial charge in [0.25, 0.3) is 11.6 Å². The van der Waals surface area contributed by atoms with E-state index in [4.69, 9.17) is 4.74 Å². The van der Waals surface area contributed by atoms with E-state index < -0.39 is 4.92 Å². The Morgan fingerprint density at radius 2 is 2.00 bits per heavy atom. The zero-order valence-electron chi connectivity index (χ0n) is 14.4. The predicted octanol–water partition coefficient (Wildman–Crippen LogP) is 2.73. The van der Waals surface area contributed by atoms with Crippen LogP contribution in [0.25, 0.3) is 0 Å². The molecule has 1 aromatic carbocycles. The molecule has 0 aliphatic carbocycles. The summed E-state index contributed by atoms with van der Waals surface area (Å²) in [7, 11) is 0. The van der Waals surface area contributed by atoms with Crippen molar-refractivity contribution in [1.82, 2.24) is 9.88 Å². The summed E-state index contributed by atoms with van der Waals surface area (Å²) >= 11 is 0. The number of benzene rings is 1. The number of nitrogens with one attached hydrogen (secondary N) is 1. The van der Waals surface area contributed by atoms with Crippen molar-refractivity contribution in [3.8, 4) is 5.75 Å². The fraction of sp³-hybridized carbons (Fsp3) is 0.333. The van der Waals surface area contributed by atoms with Crippen molar-refractivity contribution < 1.29 is 19.2 Å². The van der Waals surface area contributed by atoms with E-state index in [2.05, 4.69) is 4.98 Å². The van der Waals surface area contributed by atoms with Crippen LogP contribution in [0, 0.1) is 17.0 Å². The number of aromatic amines is 1. The monoisotopic (exact) mass is 357 g/mol. The topological polar surface area (TPSA) is 106 Å². The third-order valence-corrected chi connectivity index (χ3v) is 4.36. The Hall–Kier alpha value is -3.16. The number of aromatic nitrogens is 1. The van der Waals surface area contributed by atoms with E-state index in [0.29, 0.717) is 22.6 Å². The van der Waals surface area contributed by atoms with Crippen molar-refractivity contribution in [2.24, 2.45) is 0 Å². The molecule has 0 atom stereocenters. The van der Waals surface area contributed by atoms with E-state index in [1.807, 2.05) is 0 Å². The number of ketones is 1. The molecule has 0 radical (unpaired) electrons. The molecule has 1 N–H and O–H groups in total. The number of carbonyl (C=O) groups is 2. The Morgan fingerprint density at radius 3 is 2.65 bits per heavy atom. The zero-order chi connectivity index (χ0) is 18.7. The third-order valence-electron chi connectivity index (χ3n) is 4.36. The summed E-state index contributed by atoms with van der Waals surface area (Å²) in [6, 6.07) is 5.86. The molecular weight excluding hydrogens is 338 g/mol. The highest BCUT2D eigenvalue weighted by atomic mass is 16.6. The Labute approximate surface area is 149 Å². The molecule has 136 valence electrons. The van der Waals surface area contributed by atoms with Gasteiger partial charge >= 0.3 is 0 Å². The van der Waals surface area contributed by atoms with Gasteiger partial charge in [0.05, 0.1) is 4.92 Å². The minimum Gasteiger partial charge on any atom is -0.485 e. The summed E-state index contributed by atoms with van der Waals surface area (Å²) in [6.45, 7) is 2.87. The van der Waals surface area contributed by atoms with Crippen molar-refractivity contribution in [3.63, 3.8) is 0 Å². The summed E-state index contributed by atoms with van der Waals surface area (Å²) in [5.41, 5.74) is 1.21. The molecule has 8 heteroatoms. The lowest BCUT2D eigenvalue weighted by Gasteiger charge is -2.13. The second-order valence-electron chi connectivity index (χ2n) is 6.22. The van der Waals surface area contributed by atoms with Crippen LogP contribution in [0.3, 0.4) is 0 Å². The van der Waals surface area contributed by atoms with Crippen LogP contribution >= 0.6 is 0 Å². The molecule has 1 aliphatic heterocycles. The van der Waals surface area contributed by atoms with Crippen LogP contribution in [0.5, 0.6) is 5.75 Å². The van der Waals surface area contributed by atoms with Crippen molar-refractivity contribution in [3.05, 3.63) is 57.4 Å². The number of carbonyl (C=O) groups excluding carboxylic acids is 2. The molecule has 2 aromatic rings. The van der Waals surface area contributed by atoms with Crippen LogP contribution < -0.4 is 4.74 Å². The smallest absolute Gasteiger partial charge is 0.272 e. The van der Waals surface area contributed by atoms with E-state index in [1.54, 1.807) is 11.8 Å². The molecule has 1 saturated heterocycles. The number of likely N-dealkylation sites (tertiary alicyclic amines) is 1. The van der Waals surface area contributed by atoms with E-state index in [9.17, 15) is 19.7 Å². The zero-order valence-corrected chi connectivity index (χ0v) is 14.4. The minimum atomic E-state index is -0.469. The standard InChI is InChI=1S/C18H19N3O5/c1-12-8-14(4-5-16(12)21(24)25)26-11-17(22)13-9-15(19-10-13)18(23)20-6-2-3-7-20/h4-5,8-10,19H,2-3,6-7,11H2,1H3. The van der Waals surface area contributed by atoms with E-state index in [1.165, 1.54) is 30.5 Å². The molecule has 2 heterocycles. The number of hydrogen-bond donors (Lipinski definition) is 1. The Bertz CT molecular complexity index is 852. The predicted molar refractivity (Wildman–Crippen MR) is 93.6 cm³/mol. The van der Waals surface area contributed by atoms with Gasteiger partial charge in [-0.15, -0.1) is 0 Å². The Kier molecular flexibility index (Phi) is 5.01. The molecule has 0 unspecified atom stereocenters. The highest BCUT2D eigenvalue weighted by molar-refractivity contribution is 6.01. The lowest BCUT2D eigenvalue weighted by atomic mass is 10.2. The number of nitro benzene ring substituents is 1. The number of rotatable bonds is 6. The summed E-state index contributed by atoms with van der Waals surface area (Å²) in [5, 5.41) is 10.8. The number of aryl methyl sites for hydroxylation is 1. The van der Waals surface area contributed by atoms with Crippen LogP contribution in [-0.2, 0) is 0 Å². The molecule has 3 rings (SSSR count). The average molecular weight is 357 g/mol. The molecule has 1 fully saturated rings. The number of amides is 1. The van der Waals surface area contributed by atoms with Crippen molar-refractivity contribution >= 4 is 17.4 Å². The summed E-state index contributed by atoms with van der Waals surface area (Å²) in [5.74, 6) is -0.00320. The molecule has 26 heavy (non-hydrogen) atoms. The largest absolute Gasteiger partial charge is 0.485 e. The lowest BCUT2D eigenvalue weighted by Crippen LogP contribution is -2.27. The highest BCUT2D eigenvalue weighted by Crippen LogP contribution is 2.23. The van der Waals surface area contributed by atoms with E-state index in [0.717, 1.165) is 25.9 Å². The van der Waals surface area contributed by atoms with Crippen LogP contribution in [-0.4, -0.2) is 46.2 Å². The van der Waals surface area contributed by atoms with Crippen LogP contribution in [0.1, 0.15) is 39.3 Å².